The van der Waals surface area contributed by atoms with Crippen LogP contribution in [0.5, 0.6) is 0 Å². The number of alkyl halides is 2. The van der Waals surface area contributed by atoms with E-state index in [-0.39, 0.29) is 18.1 Å². The average molecular weight is 299 g/mol. The summed E-state index contributed by atoms with van der Waals surface area (Å²) in [5.74, 6) is 0.0944. The molecule has 0 saturated heterocycles. The first-order valence-corrected chi connectivity index (χ1v) is 4.57. The molecule has 1 aromatic rings. The van der Waals surface area contributed by atoms with E-state index in [2.05, 4.69) is 4.98 Å². The molecule has 4 N–H and O–H groups in total. The number of rotatable bonds is 2. The van der Waals surface area contributed by atoms with Crippen LogP contribution in [0.3, 0.4) is 0 Å². The first-order chi connectivity index (χ1) is 6.06. The molecule has 0 spiro atoms. The molecule has 1 aromatic heterocycles. The van der Waals surface area contributed by atoms with E-state index in [0.717, 1.165) is 0 Å². The maximum atomic E-state index is 12.4. The van der Waals surface area contributed by atoms with Crippen LogP contribution in [0.2, 0.25) is 0 Å². The van der Waals surface area contributed by atoms with Gasteiger partial charge in [-0.15, -0.1) is 0 Å². The molecule has 13 heavy (non-hydrogen) atoms. The minimum atomic E-state index is -2.63. The monoisotopic (exact) mass is 299 g/mol. The van der Waals surface area contributed by atoms with E-state index in [9.17, 15) is 8.78 Å². The van der Waals surface area contributed by atoms with Crippen LogP contribution >= 0.6 is 22.6 Å². The van der Waals surface area contributed by atoms with Crippen molar-refractivity contribution in [3.63, 3.8) is 0 Å². The van der Waals surface area contributed by atoms with Crippen molar-refractivity contribution >= 4 is 28.4 Å². The smallest absolute Gasteiger partial charge is 0.280 e. The second-order valence-corrected chi connectivity index (χ2v) is 3.56. The van der Waals surface area contributed by atoms with Gasteiger partial charge in [0.05, 0.1) is 0 Å². The second kappa shape index (κ2) is 4.14. The van der Waals surface area contributed by atoms with Crippen LogP contribution < -0.4 is 11.5 Å². The SMILES string of the molecule is NCc1c(I)cc(N)nc1C(F)F. The molecule has 0 aromatic carbocycles. The number of halogens is 3. The number of nitrogens with two attached hydrogens (primary N) is 2. The lowest BCUT2D eigenvalue weighted by atomic mass is 10.2. The lowest BCUT2D eigenvalue weighted by molar-refractivity contribution is 0.145. The number of aromatic nitrogens is 1. The van der Waals surface area contributed by atoms with Crippen molar-refractivity contribution in [3.05, 3.63) is 20.9 Å². The molecular weight excluding hydrogens is 291 g/mol. The van der Waals surface area contributed by atoms with E-state index >= 15 is 0 Å². The lowest BCUT2D eigenvalue weighted by Crippen LogP contribution is -2.08. The zero-order valence-corrected chi connectivity index (χ0v) is 8.76. The summed E-state index contributed by atoms with van der Waals surface area (Å²) in [6, 6.07) is 1.52. The van der Waals surface area contributed by atoms with Gasteiger partial charge >= 0.3 is 0 Å². The summed E-state index contributed by atoms with van der Waals surface area (Å²) in [4.78, 5) is 3.55. The molecule has 0 aliphatic rings. The number of hydrogen-bond acceptors (Lipinski definition) is 3. The van der Waals surface area contributed by atoms with Gasteiger partial charge in [0.25, 0.3) is 6.43 Å². The highest BCUT2D eigenvalue weighted by atomic mass is 127. The Bertz CT molecular complexity index is 317. The Morgan fingerprint density at radius 2 is 2.15 bits per heavy atom. The van der Waals surface area contributed by atoms with Crippen molar-refractivity contribution in [2.75, 3.05) is 5.73 Å². The summed E-state index contributed by atoms with van der Waals surface area (Å²) in [6.45, 7) is 0.0469. The minimum Gasteiger partial charge on any atom is -0.384 e. The maximum Gasteiger partial charge on any atom is 0.280 e. The van der Waals surface area contributed by atoms with Gasteiger partial charge in [0.1, 0.15) is 11.5 Å². The molecule has 0 atom stereocenters. The average Bonchev–Trinajstić information content (AvgIpc) is 2.02. The molecule has 0 bridgehead atoms. The van der Waals surface area contributed by atoms with Crippen molar-refractivity contribution in [3.8, 4) is 0 Å². The van der Waals surface area contributed by atoms with Gasteiger partial charge in [0.2, 0.25) is 0 Å². The Morgan fingerprint density at radius 1 is 1.54 bits per heavy atom. The Kier molecular flexibility index (Phi) is 3.37. The molecule has 3 nitrogen and oxygen atoms in total. The van der Waals surface area contributed by atoms with Crippen LogP contribution in [0.25, 0.3) is 0 Å². The molecule has 1 heterocycles. The number of hydrogen-bond donors (Lipinski definition) is 2. The Morgan fingerprint density at radius 3 is 2.62 bits per heavy atom. The van der Waals surface area contributed by atoms with E-state index in [1.807, 2.05) is 22.6 Å². The number of nitrogens with zero attached hydrogens (tertiary/aromatic N) is 1. The van der Waals surface area contributed by atoms with Crippen molar-refractivity contribution in [2.24, 2.45) is 5.73 Å². The van der Waals surface area contributed by atoms with Crippen molar-refractivity contribution < 1.29 is 8.78 Å². The fourth-order valence-electron chi connectivity index (χ4n) is 0.961. The topological polar surface area (TPSA) is 64.9 Å². The maximum absolute atomic E-state index is 12.4. The third-order valence-corrected chi connectivity index (χ3v) is 2.49. The van der Waals surface area contributed by atoms with Gasteiger partial charge in [0.15, 0.2) is 0 Å². The summed E-state index contributed by atoms with van der Waals surface area (Å²) >= 11 is 1.91. The first kappa shape index (κ1) is 10.6. The summed E-state index contributed by atoms with van der Waals surface area (Å²) in [6.07, 6.45) is -2.63. The third kappa shape index (κ3) is 2.25. The Balaban J connectivity index is 3.29. The Hall–Kier alpha value is -0.500. The normalized spacial score (nSPS) is 10.8. The first-order valence-electron chi connectivity index (χ1n) is 3.49. The van der Waals surface area contributed by atoms with Crippen molar-refractivity contribution in [1.29, 1.82) is 0 Å². The molecule has 0 unspecified atom stereocenters. The molecule has 0 amide bonds. The standard InChI is InChI=1S/C7H8F2IN3/c8-7(9)6-3(2-11)4(10)1-5(12)13-6/h1,7H,2,11H2,(H2,12,13). The molecule has 0 radical (unpaired) electrons. The summed E-state index contributed by atoms with van der Waals surface area (Å²) in [5.41, 5.74) is 10.7. The molecule has 0 aliphatic heterocycles. The van der Waals surface area contributed by atoms with E-state index in [4.69, 9.17) is 11.5 Å². The molecule has 72 valence electrons. The van der Waals surface area contributed by atoms with Crippen molar-refractivity contribution in [1.82, 2.24) is 4.98 Å². The predicted octanol–water partition coefficient (Wildman–Crippen LogP) is 1.66. The zero-order chi connectivity index (χ0) is 10.0. The van der Waals surface area contributed by atoms with E-state index in [0.29, 0.717) is 9.13 Å². The molecule has 6 heteroatoms. The van der Waals surface area contributed by atoms with Crippen LogP contribution in [-0.2, 0) is 6.54 Å². The Labute approximate surface area is 87.7 Å². The van der Waals surface area contributed by atoms with Crippen LogP contribution in [0, 0.1) is 3.57 Å². The number of anilines is 1. The van der Waals surface area contributed by atoms with Crippen LogP contribution in [-0.4, -0.2) is 4.98 Å². The minimum absolute atomic E-state index is 0.0469. The molecule has 0 fully saturated rings. The zero-order valence-electron chi connectivity index (χ0n) is 6.60. The van der Waals surface area contributed by atoms with Gasteiger partial charge in [-0.05, 0) is 28.7 Å². The predicted molar refractivity (Wildman–Crippen MR) is 54.2 cm³/mol. The third-order valence-electron chi connectivity index (χ3n) is 1.53. The summed E-state index contributed by atoms with van der Waals surface area (Å²) in [7, 11) is 0. The van der Waals surface area contributed by atoms with Gasteiger partial charge < -0.3 is 11.5 Å². The fraction of sp³-hybridized carbons (Fsp3) is 0.286. The van der Waals surface area contributed by atoms with Gasteiger partial charge in [-0.3, -0.25) is 0 Å². The largest absolute Gasteiger partial charge is 0.384 e. The highest BCUT2D eigenvalue weighted by Gasteiger charge is 2.16. The summed E-state index contributed by atoms with van der Waals surface area (Å²) in [5, 5.41) is 0. The van der Waals surface area contributed by atoms with Crippen molar-refractivity contribution in [2.45, 2.75) is 13.0 Å². The molecule has 0 aliphatic carbocycles. The van der Waals surface area contributed by atoms with Gasteiger partial charge in [0, 0.05) is 15.7 Å². The van der Waals surface area contributed by atoms with E-state index in [1.165, 1.54) is 6.07 Å². The summed E-state index contributed by atoms with van der Waals surface area (Å²) < 4.78 is 25.4. The van der Waals surface area contributed by atoms with E-state index < -0.39 is 6.43 Å². The number of pyridine rings is 1. The van der Waals surface area contributed by atoms with Gasteiger partial charge in [-0.25, -0.2) is 13.8 Å². The molecular formula is C7H8F2IN3. The highest BCUT2D eigenvalue weighted by Crippen LogP contribution is 2.25. The fourth-order valence-corrected chi connectivity index (χ4v) is 1.78. The lowest BCUT2D eigenvalue weighted by Gasteiger charge is -2.08. The van der Waals surface area contributed by atoms with Crippen LogP contribution in [0.4, 0.5) is 14.6 Å². The van der Waals surface area contributed by atoms with E-state index in [1.54, 1.807) is 0 Å². The highest BCUT2D eigenvalue weighted by molar-refractivity contribution is 14.1. The molecule has 0 saturated carbocycles. The van der Waals surface area contributed by atoms with Crippen LogP contribution in [0.15, 0.2) is 6.07 Å². The quantitative estimate of drug-likeness (QED) is 0.816. The number of nitrogen functional groups attached to an aromatic ring is 1. The van der Waals surface area contributed by atoms with Gasteiger partial charge in [-0.1, -0.05) is 0 Å². The van der Waals surface area contributed by atoms with Crippen LogP contribution in [0.1, 0.15) is 17.7 Å². The molecule has 1 rings (SSSR count). The second-order valence-electron chi connectivity index (χ2n) is 2.40. The van der Waals surface area contributed by atoms with Gasteiger partial charge in [-0.2, -0.15) is 0 Å².